The van der Waals surface area contributed by atoms with Gasteiger partial charge in [-0.3, -0.25) is 14.6 Å². The molecule has 1 unspecified atom stereocenters. The molecule has 1 amide bonds. The third-order valence-electron chi connectivity index (χ3n) is 4.28. The predicted molar refractivity (Wildman–Crippen MR) is 112 cm³/mol. The molecule has 1 aromatic heterocycles. The van der Waals surface area contributed by atoms with Crippen molar-refractivity contribution in [3.63, 3.8) is 0 Å². The van der Waals surface area contributed by atoms with E-state index in [0.717, 1.165) is 31.2 Å². The zero-order valence-electron chi connectivity index (χ0n) is 16.9. The van der Waals surface area contributed by atoms with Crippen molar-refractivity contribution < 1.29 is 18.0 Å². The SMILES string of the molecule is CCCC(CC)CONS(=O)(=O)CCCCCNC(=O)/C=C/c1cccnc1. The largest absolute Gasteiger partial charge is 0.353 e. The Kier molecular flexibility index (Phi) is 12.4. The number of amides is 1. The number of unbranched alkanes of at least 4 members (excludes halogenated alkanes) is 2. The molecule has 1 rings (SSSR count). The highest BCUT2D eigenvalue weighted by atomic mass is 32.2. The molecule has 0 spiro atoms. The summed E-state index contributed by atoms with van der Waals surface area (Å²) in [5.41, 5.74) is 0.859. The highest BCUT2D eigenvalue weighted by Gasteiger charge is 2.12. The molecule has 158 valence electrons. The molecule has 1 heterocycles. The number of aromatic nitrogens is 1. The Bertz CT molecular complexity index is 678. The fraction of sp³-hybridized carbons (Fsp3) is 0.600. The van der Waals surface area contributed by atoms with Gasteiger partial charge in [0.25, 0.3) is 0 Å². The molecule has 7 nitrogen and oxygen atoms in total. The van der Waals surface area contributed by atoms with Crippen molar-refractivity contribution in [1.29, 1.82) is 0 Å². The Labute approximate surface area is 169 Å². The van der Waals surface area contributed by atoms with Gasteiger partial charge in [-0.05, 0) is 42.9 Å². The van der Waals surface area contributed by atoms with Crippen LogP contribution in [0.3, 0.4) is 0 Å². The summed E-state index contributed by atoms with van der Waals surface area (Å²) in [6.07, 6.45) is 11.5. The summed E-state index contributed by atoms with van der Waals surface area (Å²) in [5.74, 6) is 0.222. The fourth-order valence-electron chi connectivity index (χ4n) is 2.61. The summed E-state index contributed by atoms with van der Waals surface area (Å²) < 4.78 is 23.8. The molecule has 0 aliphatic carbocycles. The number of hydrogen-bond acceptors (Lipinski definition) is 5. The van der Waals surface area contributed by atoms with E-state index < -0.39 is 10.0 Å². The van der Waals surface area contributed by atoms with Gasteiger partial charge in [-0.2, -0.15) is 0 Å². The van der Waals surface area contributed by atoms with Crippen molar-refractivity contribution in [2.24, 2.45) is 5.92 Å². The van der Waals surface area contributed by atoms with Crippen molar-refractivity contribution in [1.82, 2.24) is 15.2 Å². The first-order valence-electron chi connectivity index (χ1n) is 9.94. The molecule has 2 N–H and O–H groups in total. The van der Waals surface area contributed by atoms with Gasteiger partial charge in [-0.25, -0.2) is 8.42 Å². The van der Waals surface area contributed by atoms with Gasteiger partial charge < -0.3 is 5.32 Å². The molecular weight excluding hydrogens is 378 g/mol. The van der Waals surface area contributed by atoms with E-state index in [4.69, 9.17) is 4.84 Å². The van der Waals surface area contributed by atoms with Crippen LogP contribution in [0.15, 0.2) is 30.6 Å². The lowest BCUT2D eigenvalue weighted by Gasteiger charge is -2.14. The fourth-order valence-corrected chi connectivity index (χ4v) is 3.52. The molecule has 0 radical (unpaired) electrons. The van der Waals surface area contributed by atoms with Gasteiger partial charge >= 0.3 is 0 Å². The number of hydrogen-bond donors (Lipinski definition) is 2. The third-order valence-corrected chi connectivity index (χ3v) is 5.48. The van der Waals surface area contributed by atoms with Gasteiger partial charge in [0.15, 0.2) is 0 Å². The maximum Gasteiger partial charge on any atom is 0.243 e. The van der Waals surface area contributed by atoms with Crippen LogP contribution >= 0.6 is 0 Å². The number of carbonyl (C=O) groups excluding carboxylic acids is 1. The maximum atomic E-state index is 11.9. The van der Waals surface area contributed by atoms with E-state index in [9.17, 15) is 13.2 Å². The van der Waals surface area contributed by atoms with Gasteiger partial charge in [0.05, 0.1) is 12.4 Å². The molecule has 0 fully saturated rings. The quantitative estimate of drug-likeness (QED) is 0.263. The van der Waals surface area contributed by atoms with Crippen LogP contribution in [-0.2, 0) is 19.7 Å². The van der Waals surface area contributed by atoms with Crippen LogP contribution in [0.2, 0.25) is 0 Å². The van der Waals surface area contributed by atoms with Crippen molar-refractivity contribution in [3.05, 3.63) is 36.2 Å². The monoisotopic (exact) mass is 411 g/mol. The first-order chi connectivity index (χ1) is 13.5. The number of rotatable bonds is 15. The summed E-state index contributed by atoms with van der Waals surface area (Å²) >= 11 is 0. The lowest BCUT2D eigenvalue weighted by Crippen LogP contribution is -2.29. The Morgan fingerprint density at radius 3 is 2.79 bits per heavy atom. The van der Waals surface area contributed by atoms with Gasteiger partial charge in [0.1, 0.15) is 0 Å². The molecule has 0 saturated heterocycles. The molecular formula is C20H33N3O4S. The number of carbonyl (C=O) groups is 1. The summed E-state index contributed by atoms with van der Waals surface area (Å²) in [4.78, 5) is 23.1. The lowest BCUT2D eigenvalue weighted by molar-refractivity contribution is -0.116. The van der Waals surface area contributed by atoms with Crippen LogP contribution in [0.1, 0.15) is 57.9 Å². The van der Waals surface area contributed by atoms with Crippen LogP contribution in [0.25, 0.3) is 6.08 Å². The standard InChI is InChI=1S/C20H33N3O4S/c1-3-9-18(4-2)17-27-23-28(25,26)15-7-5-6-14-22-20(24)12-11-19-10-8-13-21-16-19/h8,10-13,16,18,23H,3-7,9,14-15,17H2,1-2H3,(H,22,24)/b12-11+. The molecule has 1 atom stereocenters. The second-order valence-electron chi connectivity index (χ2n) is 6.75. The van der Waals surface area contributed by atoms with E-state index in [2.05, 4.69) is 29.0 Å². The van der Waals surface area contributed by atoms with Crippen LogP contribution in [-0.4, -0.2) is 38.2 Å². The second-order valence-corrected chi connectivity index (χ2v) is 8.55. The topological polar surface area (TPSA) is 97.4 Å². The average molecular weight is 412 g/mol. The molecule has 28 heavy (non-hydrogen) atoms. The molecule has 0 aliphatic heterocycles. The zero-order valence-corrected chi connectivity index (χ0v) is 17.7. The Morgan fingerprint density at radius 1 is 1.29 bits per heavy atom. The maximum absolute atomic E-state index is 11.9. The highest BCUT2D eigenvalue weighted by molar-refractivity contribution is 7.89. The summed E-state index contributed by atoms with van der Waals surface area (Å²) in [5, 5.41) is 2.78. The normalized spacial score (nSPS) is 12.9. The molecule has 0 aliphatic rings. The minimum Gasteiger partial charge on any atom is -0.353 e. The molecule has 0 saturated carbocycles. The van der Waals surface area contributed by atoms with Crippen LogP contribution in [0.5, 0.6) is 0 Å². The van der Waals surface area contributed by atoms with Crippen LogP contribution in [0, 0.1) is 5.92 Å². The predicted octanol–water partition coefficient (Wildman–Crippen LogP) is 3.06. The number of nitrogens with one attached hydrogen (secondary N) is 2. The Balaban J connectivity index is 2.10. The minimum atomic E-state index is -3.42. The van der Waals surface area contributed by atoms with E-state index in [1.54, 1.807) is 24.5 Å². The van der Waals surface area contributed by atoms with Gasteiger partial charge in [0, 0.05) is 25.0 Å². The van der Waals surface area contributed by atoms with Gasteiger partial charge in [0.2, 0.25) is 15.9 Å². The molecule has 0 bridgehead atoms. The van der Waals surface area contributed by atoms with Crippen LogP contribution in [0.4, 0.5) is 0 Å². The zero-order chi connectivity index (χ0) is 20.7. The van der Waals surface area contributed by atoms with Crippen molar-refractivity contribution in [3.8, 4) is 0 Å². The molecule has 8 heteroatoms. The number of nitrogens with zero attached hydrogens (tertiary/aromatic N) is 1. The minimum absolute atomic E-state index is 0.0203. The van der Waals surface area contributed by atoms with E-state index in [-0.39, 0.29) is 11.7 Å². The third kappa shape index (κ3) is 11.8. The van der Waals surface area contributed by atoms with E-state index in [1.807, 2.05) is 6.07 Å². The van der Waals surface area contributed by atoms with Crippen molar-refractivity contribution >= 4 is 22.0 Å². The first-order valence-corrected chi connectivity index (χ1v) is 11.6. The van der Waals surface area contributed by atoms with Crippen molar-refractivity contribution in [2.45, 2.75) is 52.4 Å². The van der Waals surface area contributed by atoms with E-state index in [1.165, 1.54) is 6.08 Å². The Hall–Kier alpha value is -1.77. The average Bonchev–Trinajstić information content (AvgIpc) is 2.69. The molecule has 0 aromatic carbocycles. The second kappa shape index (κ2) is 14.3. The smallest absolute Gasteiger partial charge is 0.243 e. The number of pyridine rings is 1. The first kappa shape index (κ1) is 24.3. The Morgan fingerprint density at radius 2 is 2.11 bits per heavy atom. The summed E-state index contributed by atoms with van der Waals surface area (Å²) in [7, 11) is -3.42. The summed E-state index contributed by atoms with van der Waals surface area (Å²) in [6, 6.07) is 3.67. The van der Waals surface area contributed by atoms with Gasteiger partial charge in [-0.15, -0.1) is 0 Å². The van der Waals surface area contributed by atoms with E-state index in [0.29, 0.717) is 31.9 Å². The van der Waals surface area contributed by atoms with E-state index >= 15 is 0 Å². The summed E-state index contributed by atoms with van der Waals surface area (Å²) in [6.45, 7) is 5.09. The van der Waals surface area contributed by atoms with Crippen molar-refractivity contribution in [2.75, 3.05) is 18.9 Å². The lowest BCUT2D eigenvalue weighted by atomic mass is 10.0. The van der Waals surface area contributed by atoms with Gasteiger partial charge in [-0.1, -0.05) is 44.1 Å². The highest BCUT2D eigenvalue weighted by Crippen LogP contribution is 2.10. The van der Waals surface area contributed by atoms with Crippen LogP contribution < -0.4 is 10.2 Å². The molecule has 1 aromatic rings. The number of sulfonamides is 1.